The van der Waals surface area contributed by atoms with Crippen LogP contribution in [0.25, 0.3) is 0 Å². The lowest BCUT2D eigenvalue weighted by molar-refractivity contribution is -0.142. The predicted molar refractivity (Wildman–Crippen MR) is 188 cm³/mol. The molecular weight excluding hydrogens is 700 g/mol. The normalized spacial score (nSPS) is 12.5. The zero-order chi connectivity index (χ0) is 39.6. The van der Waals surface area contributed by atoms with Gasteiger partial charge in [-0.25, -0.2) is 19.2 Å². The number of carbonyl (C=O) groups excluding carboxylic acids is 3. The molecule has 4 amide bonds. The van der Waals surface area contributed by atoms with E-state index in [2.05, 4.69) is 31.6 Å². The molecule has 0 bridgehead atoms. The first kappa shape index (κ1) is 45.8. The van der Waals surface area contributed by atoms with Crippen LogP contribution in [0, 0.1) is 0 Å². The summed E-state index contributed by atoms with van der Waals surface area (Å²) >= 11 is 0. The fourth-order valence-corrected chi connectivity index (χ4v) is 5.31. The summed E-state index contributed by atoms with van der Waals surface area (Å²) < 4.78 is 0. The molecular formula is C34H54N6O13. The molecule has 0 radical (unpaired) electrons. The van der Waals surface area contributed by atoms with Crippen molar-refractivity contribution >= 4 is 47.7 Å². The van der Waals surface area contributed by atoms with E-state index in [1.54, 1.807) is 12.3 Å². The average Bonchev–Trinajstić information content (AvgIpc) is 3.51. The number of H-pyrrole nitrogens is 1. The van der Waals surface area contributed by atoms with E-state index in [1.165, 1.54) is 0 Å². The minimum absolute atomic E-state index is 0.0136. The minimum Gasteiger partial charge on any atom is -0.481 e. The van der Waals surface area contributed by atoms with Crippen molar-refractivity contribution in [3.8, 4) is 0 Å². The van der Waals surface area contributed by atoms with Gasteiger partial charge in [0.25, 0.3) is 0 Å². The number of urea groups is 1. The highest BCUT2D eigenvalue weighted by Crippen LogP contribution is 2.10. The Balaban J connectivity index is 2.15. The molecule has 1 heterocycles. The molecule has 0 fully saturated rings. The summed E-state index contributed by atoms with van der Waals surface area (Å²) in [6, 6.07) is -3.11. The van der Waals surface area contributed by atoms with Gasteiger partial charge in [-0.3, -0.25) is 19.2 Å². The first-order chi connectivity index (χ1) is 25.2. The van der Waals surface area contributed by atoms with Crippen LogP contribution in [0.1, 0.15) is 101 Å². The lowest BCUT2D eigenvalue weighted by Crippen LogP contribution is -2.51. The molecule has 11 N–H and O–H groups in total. The molecule has 1 aromatic rings. The highest BCUT2D eigenvalue weighted by Gasteiger charge is 2.25. The van der Waals surface area contributed by atoms with Gasteiger partial charge in [0.05, 0.1) is 6.42 Å². The number of aromatic amines is 1. The third-order valence-electron chi connectivity index (χ3n) is 8.21. The molecule has 0 aromatic carbocycles. The van der Waals surface area contributed by atoms with Gasteiger partial charge in [0, 0.05) is 50.7 Å². The van der Waals surface area contributed by atoms with E-state index in [9.17, 15) is 48.6 Å². The highest BCUT2D eigenvalue weighted by atomic mass is 16.4. The van der Waals surface area contributed by atoms with Crippen molar-refractivity contribution in [1.29, 1.82) is 0 Å². The third-order valence-corrected chi connectivity index (χ3v) is 8.21. The van der Waals surface area contributed by atoms with Gasteiger partial charge < -0.3 is 57.1 Å². The van der Waals surface area contributed by atoms with Crippen LogP contribution in [0.15, 0.2) is 12.3 Å². The number of aromatic nitrogens is 1. The number of rotatable bonds is 31. The Labute approximate surface area is 307 Å². The van der Waals surface area contributed by atoms with Crippen LogP contribution in [0.5, 0.6) is 0 Å². The number of carboxylic acids is 5. The number of nitrogens with one attached hydrogen (secondary N) is 6. The third kappa shape index (κ3) is 22.4. The Morgan fingerprint density at radius 2 is 1.11 bits per heavy atom. The largest absolute Gasteiger partial charge is 0.481 e. The zero-order valence-corrected chi connectivity index (χ0v) is 29.8. The molecule has 0 spiro atoms. The van der Waals surface area contributed by atoms with Gasteiger partial charge in [-0.2, -0.15) is 0 Å². The van der Waals surface area contributed by atoms with Gasteiger partial charge in [-0.15, -0.1) is 0 Å². The van der Waals surface area contributed by atoms with E-state index in [4.69, 9.17) is 15.3 Å². The quantitative estimate of drug-likeness (QED) is 0.0475. The number of carbonyl (C=O) groups is 8. The van der Waals surface area contributed by atoms with Gasteiger partial charge in [-0.05, 0) is 76.0 Å². The molecule has 19 heteroatoms. The standard InChI is InChI=1S/C34H54N6O13/c41-27(37-18-8-6-10-25(32(49)50)39-34(53)40-26(33(51)52)13-14-29(43)44)11-3-1-2-4-12-28(42)38-24(31(47)48)9-5-7-17-35-19-16-23-22(15-20-36-23)21-30(45)46/h15,20,24-26,35-36H,1-14,16-19,21H2,(H,37,41)(H,38,42)(H,43,44)(H,45,46)(H,47,48)(H,49,50)(H,51,52)(H2,39,40,53). The molecule has 3 unspecified atom stereocenters. The number of hydrogen-bond acceptors (Lipinski definition) is 9. The molecule has 19 nitrogen and oxygen atoms in total. The number of hydrogen-bond donors (Lipinski definition) is 11. The first-order valence-electron chi connectivity index (χ1n) is 17.8. The molecule has 0 aliphatic heterocycles. The second-order valence-corrected chi connectivity index (χ2v) is 12.6. The van der Waals surface area contributed by atoms with Crippen molar-refractivity contribution in [1.82, 2.24) is 31.6 Å². The van der Waals surface area contributed by atoms with Crippen molar-refractivity contribution in [2.75, 3.05) is 19.6 Å². The van der Waals surface area contributed by atoms with Crippen LogP contribution in [-0.2, 0) is 46.4 Å². The monoisotopic (exact) mass is 754 g/mol. The van der Waals surface area contributed by atoms with E-state index in [-0.39, 0.29) is 56.9 Å². The molecule has 3 atom stereocenters. The minimum atomic E-state index is -1.50. The fourth-order valence-electron chi connectivity index (χ4n) is 5.31. The van der Waals surface area contributed by atoms with Crippen molar-refractivity contribution < 1.29 is 63.9 Å². The maximum atomic E-state index is 12.3. The smallest absolute Gasteiger partial charge is 0.326 e. The Morgan fingerprint density at radius 1 is 0.566 bits per heavy atom. The number of unbranched alkanes of at least 4 members (excludes halogenated alkanes) is 5. The Kier molecular flexibility index (Phi) is 23.0. The van der Waals surface area contributed by atoms with Crippen LogP contribution in [0.4, 0.5) is 4.79 Å². The summed E-state index contributed by atoms with van der Waals surface area (Å²) in [6.45, 7) is 1.57. The lowest BCUT2D eigenvalue weighted by atomic mass is 10.1. The summed E-state index contributed by atoms with van der Waals surface area (Å²) in [5.41, 5.74) is 1.61. The Bertz CT molecular complexity index is 1350. The van der Waals surface area contributed by atoms with E-state index in [0.717, 1.165) is 11.3 Å². The molecule has 0 saturated carbocycles. The molecule has 0 aliphatic carbocycles. The SMILES string of the molecule is O=C(O)CCC(NC(=O)NC(CCCCNC(=O)CCCCCCC(=O)NC(CCCCNCCc1[nH]ccc1CC(=O)O)C(=O)O)C(=O)O)C(=O)O. The molecule has 298 valence electrons. The van der Waals surface area contributed by atoms with E-state index >= 15 is 0 Å². The maximum Gasteiger partial charge on any atom is 0.326 e. The fraction of sp³-hybridized carbons (Fsp3) is 0.647. The van der Waals surface area contributed by atoms with Crippen LogP contribution in [0.2, 0.25) is 0 Å². The summed E-state index contributed by atoms with van der Waals surface area (Å²) in [7, 11) is 0. The van der Waals surface area contributed by atoms with Crippen LogP contribution < -0.4 is 26.6 Å². The average molecular weight is 755 g/mol. The van der Waals surface area contributed by atoms with E-state index in [1.807, 2.05) is 0 Å². The van der Waals surface area contributed by atoms with Crippen molar-refractivity contribution in [3.63, 3.8) is 0 Å². The highest BCUT2D eigenvalue weighted by molar-refractivity contribution is 5.86. The molecule has 1 rings (SSSR count). The van der Waals surface area contributed by atoms with E-state index in [0.29, 0.717) is 70.9 Å². The van der Waals surface area contributed by atoms with Crippen molar-refractivity contribution in [2.24, 2.45) is 0 Å². The lowest BCUT2D eigenvalue weighted by Gasteiger charge is -2.18. The van der Waals surface area contributed by atoms with Gasteiger partial charge in [0.1, 0.15) is 18.1 Å². The topological polar surface area (TPSA) is 314 Å². The summed E-state index contributed by atoms with van der Waals surface area (Å²) in [6.07, 6.45) is 6.70. The molecule has 1 aromatic heterocycles. The van der Waals surface area contributed by atoms with Gasteiger partial charge in [0.15, 0.2) is 0 Å². The van der Waals surface area contributed by atoms with Crippen LogP contribution in [-0.4, -0.2) is 116 Å². The molecule has 0 saturated heterocycles. The molecule has 53 heavy (non-hydrogen) atoms. The molecule has 0 aliphatic rings. The summed E-state index contributed by atoms with van der Waals surface area (Å²) in [5.74, 6) is -6.57. The van der Waals surface area contributed by atoms with Crippen molar-refractivity contribution in [3.05, 3.63) is 23.5 Å². The summed E-state index contributed by atoms with van der Waals surface area (Å²) in [4.78, 5) is 95.5. The number of carboxylic acid groups (broad SMARTS) is 5. The second kappa shape index (κ2) is 26.6. The van der Waals surface area contributed by atoms with Gasteiger partial charge in [-0.1, -0.05) is 12.8 Å². The first-order valence-corrected chi connectivity index (χ1v) is 17.8. The van der Waals surface area contributed by atoms with Crippen molar-refractivity contribution in [2.45, 2.75) is 121 Å². The van der Waals surface area contributed by atoms with Crippen LogP contribution in [0.3, 0.4) is 0 Å². The predicted octanol–water partition coefficient (Wildman–Crippen LogP) is 1.21. The summed E-state index contributed by atoms with van der Waals surface area (Å²) in [5, 5.41) is 58.5. The second-order valence-electron chi connectivity index (χ2n) is 12.6. The maximum absolute atomic E-state index is 12.3. The number of amides is 4. The van der Waals surface area contributed by atoms with Gasteiger partial charge >= 0.3 is 35.9 Å². The zero-order valence-electron chi connectivity index (χ0n) is 29.8. The van der Waals surface area contributed by atoms with E-state index < -0.39 is 60.4 Å². The number of aliphatic carboxylic acids is 5. The van der Waals surface area contributed by atoms with Gasteiger partial charge in [0.2, 0.25) is 11.8 Å². The Morgan fingerprint density at radius 3 is 1.68 bits per heavy atom. The van der Waals surface area contributed by atoms with Crippen LogP contribution >= 0.6 is 0 Å². The Hall–Kier alpha value is -5.20.